The zero-order valence-corrected chi connectivity index (χ0v) is 14.8. The molecule has 1 aromatic carbocycles. The Morgan fingerprint density at radius 3 is 2.36 bits per heavy atom. The number of aromatic nitrogens is 1. The second-order valence-corrected chi connectivity index (χ2v) is 5.80. The van der Waals surface area contributed by atoms with Gasteiger partial charge in [-0.25, -0.2) is 4.98 Å². The SMILES string of the molecule is CC(=O)Nc1ccc(NC(=O)/C(C#N)=C\Nc2cc(Br)ccn2)cc1. The van der Waals surface area contributed by atoms with Gasteiger partial charge in [0.2, 0.25) is 5.91 Å². The first kappa shape index (κ1) is 18.2. The van der Waals surface area contributed by atoms with Crippen LogP contribution in [0.15, 0.2) is 58.8 Å². The largest absolute Gasteiger partial charge is 0.345 e. The van der Waals surface area contributed by atoms with Crippen LogP contribution >= 0.6 is 15.9 Å². The number of nitrogens with one attached hydrogen (secondary N) is 3. The molecule has 0 atom stereocenters. The highest BCUT2D eigenvalue weighted by Crippen LogP contribution is 2.15. The Kier molecular flexibility index (Phi) is 6.26. The summed E-state index contributed by atoms with van der Waals surface area (Å²) in [7, 11) is 0. The molecule has 0 saturated heterocycles. The molecular weight excluding hydrogens is 386 g/mol. The van der Waals surface area contributed by atoms with Gasteiger partial charge in [0.1, 0.15) is 17.5 Å². The van der Waals surface area contributed by atoms with Gasteiger partial charge >= 0.3 is 0 Å². The highest BCUT2D eigenvalue weighted by Gasteiger charge is 2.09. The summed E-state index contributed by atoms with van der Waals surface area (Å²) >= 11 is 3.31. The lowest BCUT2D eigenvalue weighted by Crippen LogP contribution is -2.14. The number of nitriles is 1. The van der Waals surface area contributed by atoms with Gasteiger partial charge in [-0.3, -0.25) is 9.59 Å². The third-order valence-corrected chi connectivity index (χ3v) is 3.41. The predicted octanol–water partition coefficient (Wildman–Crippen LogP) is 3.26. The lowest BCUT2D eigenvalue weighted by Gasteiger charge is -2.07. The molecular formula is C17H14BrN5O2. The molecule has 0 aliphatic rings. The first-order valence-electron chi connectivity index (χ1n) is 7.15. The summed E-state index contributed by atoms with van der Waals surface area (Å²) in [5.41, 5.74) is 1.01. The van der Waals surface area contributed by atoms with Crippen LogP contribution in [0.4, 0.5) is 17.2 Å². The fourth-order valence-corrected chi connectivity index (χ4v) is 2.15. The van der Waals surface area contributed by atoms with Crippen molar-refractivity contribution in [2.24, 2.45) is 0 Å². The van der Waals surface area contributed by atoms with Crippen LogP contribution in [-0.4, -0.2) is 16.8 Å². The highest BCUT2D eigenvalue weighted by atomic mass is 79.9. The smallest absolute Gasteiger partial charge is 0.267 e. The zero-order valence-electron chi connectivity index (χ0n) is 13.2. The van der Waals surface area contributed by atoms with Crippen molar-refractivity contribution in [1.82, 2.24) is 4.98 Å². The van der Waals surface area contributed by atoms with Gasteiger partial charge in [0.25, 0.3) is 5.91 Å². The Morgan fingerprint density at radius 2 is 1.80 bits per heavy atom. The highest BCUT2D eigenvalue weighted by molar-refractivity contribution is 9.10. The van der Waals surface area contributed by atoms with Gasteiger partial charge in [0.05, 0.1) is 0 Å². The maximum Gasteiger partial charge on any atom is 0.267 e. The van der Waals surface area contributed by atoms with Gasteiger partial charge < -0.3 is 16.0 Å². The Morgan fingerprint density at radius 1 is 1.16 bits per heavy atom. The van der Waals surface area contributed by atoms with Crippen molar-refractivity contribution in [3.63, 3.8) is 0 Å². The van der Waals surface area contributed by atoms with E-state index in [1.54, 1.807) is 42.6 Å². The minimum atomic E-state index is -0.558. The Labute approximate surface area is 152 Å². The third kappa shape index (κ3) is 5.75. The standard InChI is InChI=1S/C17H14BrN5O2/c1-11(24)22-14-2-4-15(5-3-14)23-17(25)12(9-19)10-21-16-8-13(18)6-7-20-16/h2-8,10H,1H3,(H,20,21)(H,22,24)(H,23,25)/b12-10-. The maximum absolute atomic E-state index is 12.2. The number of carbonyl (C=O) groups is 2. The summed E-state index contributed by atoms with van der Waals surface area (Å²) in [5.74, 6) is -0.245. The number of hydrogen-bond donors (Lipinski definition) is 3. The number of pyridine rings is 1. The molecule has 2 rings (SSSR count). The second kappa shape index (κ2) is 8.61. The van der Waals surface area contributed by atoms with Crippen LogP contribution in [0.5, 0.6) is 0 Å². The Balaban J connectivity index is 2.03. The average Bonchev–Trinajstić information content (AvgIpc) is 2.57. The van der Waals surface area contributed by atoms with E-state index in [-0.39, 0.29) is 11.5 Å². The summed E-state index contributed by atoms with van der Waals surface area (Å²) in [6.07, 6.45) is 2.87. The van der Waals surface area contributed by atoms with Crippen molar-refractivity contribution in [2.75, 3.05) is 16.0 Å². The zero-order chi connectivity index (χ0) is 18.2. The van der Waals surface area contributed by atoms with Crippen molar-refractivity contribution in [3.8, 4) is 6.07 Å². The summed E-state index contributed by atoms with van der Waals surface area (Å²) in [4.78, 5) is 27.2. The van der Waals surface area contributed by atoms with E-state index in [2.05, 4.69) is 36.9 Å². The number of carbonyl (C=O) groups excluding carboxylic acids is 2. The van der Waals surface area contributed by atoms with Crippen LogP contribution < -0.4 is 16.0 Å². The van der Waals surface area contributed by atoms with E-state index in [1.165, 1.54) is 13.1 Å². The molecule has 0 aliphatic carbocycles. The predicted molar refractivity (Wildman–Crippen MR) is 98.6 cm³/mol. The van der Waals surface area contributed by atoms with Crippen LogP contribution in [0.3, 0.4) is 0 Å². The van der Waals surface area contributed by atoms with Gasteiger partial charge in [0.15, 0.2) is 0 Å². The van der Waals surface area contributed by atoms with E-state index in [1.807, 2.05) is 6.07 Å². The van der Waals surface area contributed by atoms with Gasteiger partial charge in [0, 0.05) is 35.2 Å². The molecule has 0 aliphatic heterocycles. The lowest BCUT2D eigenvalue weighted by atomic mass is 10.2. The molecule has 1 heterocycles. The van der Waals surface area contributed by atoms with Crippen LogP contribution in [0.2, 0.25) is 0 Å². The summed E-state index contributed by atoms with van der Waals surface area (Å²) in [6, 6.07) is 11.9. The molecule has 126 valence electrons. The molecule has 0 spiro atoms. The molecule has 2 amide bonds. The van der Waals surface area contributed by atoms with Gasteiger partial charge in [-0.2, -0.15) is 5.26 Å². The van der Waals surface area contributed by atoms with E-state index in [9.17, 15) is 9.59 Å². The van der Waals surface area contributed by atoms with Crippen molar-refractivity contribution < 1.29 is 9.59 Å². The van der Waals surface area contributed by atoms with E-state index >= 15 is 0 Å². The van der Waals surface area contributed by atoms with Crippen molar-refractivity contribution in [1.29, 1.82) is 5.26 Å². The summed E-state index contributed by atoms with van der Waals surface area (Å²) in [5, 5.41) is 17.2. The van der Waals surface area contributed by atoms with Crippen molar-refractivity contribution in [3.05, 3.63) is 58.8 Å². The summed E-state index contributed by atoms with van der Waals surface area (Å²) in [6.45, 7) is 1.41. The molecule has 0 radical (unpaired) electrons. The average molecular weight is 400 g/mol. The van der Waals surface area contributed by atoms with Gasteiger partial charge in [-0.05, 0) is 36.4 Å². The minimum absolute atomic E-state index is 0.104. The lowest BCUT2D eigenvalue weighted by molar-refractivity contribution is -0.114. The number of halogens is 1. The minimum Gasteiger partial charge on any atom is -0.345 e. The maximum atomic E-state index is 12.2. The van der Waals surface area contributed by atoms with E-state index in [4.69, 9.17) is 5.26 Å². The fraction of sp³-hybridized carbons (Fsp3) is 0.0588. The molecule has 0 bridgehead atoms. The van der Waals surface area contributed by atoms with Crippen LogP contribution in [0.25, 0.3) is 0 Å². The number of hydrogen-bond acceptors (Lipinski definition) is 5. The van der Waals surface area contributed by atoms with Crippen LogP contribution in [-0.2, 0) is 9.59 Å². The number of anilines is 3. The fourth-order valence-electron chi connectivity index (χ4n) is 1.82. The van der Waals surface area contributed by atoms with E-state index in [0.717, 1.165) is 4.47 Å². The number of rotatable bonds is 5. The monoisotopic (exact) mass is 399 g/mol. The number of amides is 2. The van der Waals surface area contributed by atoms with Crippen molar-refractivity contribution in [2.45, 2.75) is 6.92 Å². The normalized spacial score (nSPS) is 10.5. The van der Waals surface area contributed by atoms with Crippen molar-refractivity contribution >= 4 is 44.9 Å². The van der Waals surface area contributed by atoms with Crippen LogP contribution in [0, 0.1) is 11.3 Å². The molecule has 25 heavy (non-hydrogen) atoms. The molecule has 0 fully saturated rings. The van der Waals surface area contributed by atoms with E-state index < -0.39 is 5.91 Å². The molecule has 3 N–H and O–H groups in total. The Hall–Kier alpha value is -3.18. The van der Waals surface area contributed by atoms with Gasteiger partial charge in [-0.1, -0.05) is 15.9 Å². The quantitative estimate of drug-likeness (QED) is 0.528. The van der Waals surface area contributed by atoms with Gasteiger partial charge in [-0.15, -0.1) is 0 Å². The number of nitrogens with zero attached hydrogens (tertiary/aromatic N) is 2. The topological polar surface area (TPSA) is 107 Å². The summed E-state index contributed by atoms with van der Waals surface area (Å²) < 4.78 is 0.820. The van der Waals surface area contributed by atoms with Crippen LogP contribution in [0.1, 0.15) is 6.92 Å². The molecule has 1 aromatic heterocycles. The first-order chi connectivity index (χ1) is 12.0. The third-order valence-electron chi connectivity index (χ3n) is 2.91. The second-order valence-electron chi connectivity index (χ2n) is 4.89. The molecule has 7 nitrogen and oxygen atoms in total. The molecule has 0 unspecified atom stereocenters. The Bertz CT molecular complexity index is 856. The molecule has 0 saturated carbocycles. The molecule has 2 aromatic rings. The van der Waals surface area contributed by atoms with E-state index in [0.29, 0.717) is 17.2 Å². The first-order valence-corrected chi connectivity index (χ1v) is 7.94. The number of benzene rings is 1. The molecule has 8 heteroatoms.